The number of carbonyl (C=O) groups is 1. The average molecular weight is 349 g/mol. The number of methoxy groups -OCH3 is 1. The van der Waals surface area contributed by atoms with Crippen LogP contribution in [0.1, 0.15) is 22.8 Å². The summed E-state index contributed by atoms with van der Waals surface area (Å²) in [5, 5.41) is 14.2. The zero-order chi connectivity index (χ0) is 18.4. The molecule has 0 fully saturated rings. The maximum absolute atomic E-state index is 11.5. The van der Waals surface area contributed by atoms with E-state index < -0.39 is 0 Å². The second kappa shape index (κ2) is 8.06. The lowest BCUT2D eigenvalue weighted by Crippen LogP contribution is -2.07. The van der Waals surface area contributed by atoms with Crippen molar-refractivity contribution in [1.29, 1.82) is 0 Å². The van der Waals surface area contributed by atoms with Crippen molar-refractivity contribution in [2.75, 3.05) is 17.7 Å². The maximum Gasteiger partial charge on any atom is 0.244 e. The Morgan fingerprint density at radius 2 is 2.00 bits per heavy atom. The number of ether oxygens (including phenoxy) is 1. The van der Waals surface area contributed by atoms with Crippen LogP contribution in [-0.2, 0) is 6.54 Å². The van der Waals surface area contributed by atoms with Gasteiger partial charge in [-0.1, -0.05) is 30.3 Å². The van der Waals surface area contributed by atoms with E-state index in [-0.39, 0.29) is 5.78 Å². The van der Waals surface area contributed by atoms with Gasteiger partial charge in [-0.3, -0.25) is 4.79 Å². The van der Waals surface area contributed by atoms with Crippen LogP contribution in [0.2, 0.25) is 0 Å². The van der Waals surface area contributed by atoms with Gasteiger partial charge in [-0.2, -0.15) is 10.1 Å². The van der Waals surface area contributed by atoms with Gasteiger partial charge in [-0.05, 0) is 25.1 Å². The molecule has 0 radical (unpaired) electrons. The summed E-state index contributed by atoms with van der Waals surface area (Å²) in [6.45, 7) is 2.04. The van der Waals surface area contributed by atoms with Crippen molar-refractivity contribution in [3.63, 3.8) is 0 Å². The Labute approximate surface area is 151 Å². The molecule has 26 heavy (non-hydrogen) atoms. The molecule has 7 nitrogen and oxygen atoms in total. The smallest absolute Gasteiger partial charge is 0.244 e. The molecule has 1 heterocycles. The van der Waals surface area contributed by atoms with Gasteiger partial charge in [0, 0.05) is 23.4 Å². The zero-order valence-corrected chi connectivity index (χ0v) is 14.6. The second-order valence-electron chi connectivity index (χ2n) is 5.59. The summed E-state index contributed by atoms with van der Waals surface area (Å²) in [4.78, 5) is 15.9. The van der Waals surface area contributed by atoms with Crippen molar-refractivity contribution >= 4 is 23.2 Å². The number of aromatic nitrogens is 3. The number of Topliss-reactive ketones (excluding diaryl/α,β-unsaturated/α-hetero) is 1. The van der Waals surface area contributed by atoms with Crippen LogP contribution in [0.15, 0.2) is 54.7 Å². The first-order valence-corrected chi connectivity index (χ1v) is 8.09. The van der Waals surface area contributed by atoms with Gasteiger partial charge in [0.2, 0.25) is 5.95 Å². The van der Waals surface area contributed by atoms with E-state index in [2.05, 4.69) is 25.8 Å². The Morgan fingerprint density at radius 1 is 1.15 bits per heavy atom. The fourth-order valence-electron chi connectivity index (χ4n) is 2.43. The summed E-state index contributed by atoms with van der Waals surface area (Å²) < 4.78 is 5.33. The summed E-state index contributed by atoms with van der Waals surface area (Å²) in [7, 11) is 1.64. The molecule has 7 heteroatoms. The molecular weight excluding hydrogens is 330 g/mol. The largest absolute Gasteiger partial charge is 0.496 e. The Morgan fingerprint density at radius 3 is 2.81 bits per heavy atom. The van der Waals surface area contributed by atoms with E-state index in [0.717, 1.165) is 17.0 Å². The molecule has 3 aromatic rings. The molecule has 0 atom stereocenters. The highest BCUT2D eigenvalue weighted by atomic mass is 16.5. The van der Waals surface area contributed by atoms with Crippen LogP contribution in [0.25, 0.3) is 0 Å². The van der Waals surface area contributed by atoms with E-state index >= 15 is 0 Å². The van der Waals surface area contributed by atoms with Crippen molar-refractivity contribution in [1.82, 2.24) is 15.2 Å². The minimum Gasteiger partial charge on any atom is -0.496 e. The molecule has 0 aliphatic rings. The normalized spacial score (nSPS) is 10.2. The van der Waals surface area contributed by atoms with Crippen LogP contribution >= 0.6 is 0 Å². The first-order valence-electron chi connectivity index (χ1n) is 8.09. The van der Waals surface area contributed by atoms with Crippen molar-refractivity contribution in [3.8, 4) is 5.75 Å². The van der Waals surface area contributed by atoms with Gasteiger partial charge in [0.1, 0.15) is 5.75 Å². The molecule has 2 aromatic carbocycles. The van der Waals surface area contributed by atoms with Gasteiger partial charge in [-0.25, -0.2) is 0 Å². The van der Waals surface area contributed by atoms with E-state index in [4.69, 9.17) is 4.74 Å². The minimum atomic E-state index is 0.00799. The van der Waals surface area contributed by atoms with E-state index in [0.29, 0.717) is 23.9 Å². The summed E-state index contributed by atoms with van der Waals surface area (Å²) in [5.41, 5.74) is 2.38. The molecule has 0 spiro atoms. The molecule has 0 saturated carbocycles. The topological polar surface area (TPSA) is 89.0 Å². The lowest BCUT2D eigenvalue weighted by Gasteiger charge is -2.10. The Kier molecular flexibility index (Phi) is 5.38. The van der Waals surface area contributed by atoms with Crippen molar-refractivity contribution in [3.05, 3.63) is 65.9 Å². The molecule has 0 amide bonds. The molecule has 0 aliphatic carbocycles. The molecule has 3 rings (SSSR count). The quantitative estimate of drug-likeness (QED) is 0.632. The molecular formula is C19H19N5O2. The lowest BCUT2D eigenvalue weighted by molar-refractivity contribution is 0.101. The number of hydrogen-bond donors (Lipinski definition) is 2. The Balaban J connectivity index is 1.70. The highest BCUT2D eigenvalue weighted by molar-refractivity contribution is 5.95. The number of hydrogen-bond acceptors (Lipinski definition) is 7. The van der Waals surface area contributed by atoms with E-state index in [1.54, 1.807) is 19.2 Å². The minimum absolute atomic E-state index is 0.00799. The second-order valence-corrected chi connectivity index (χ2v) is 5.59. The Hall–Kier alpha value is -3.48. The van der Waals surface area contributed by atoms with Crippen LogP contribution in [0.3, 0.4) is 0 Å². The molecule has 0 saturated heterocycles. The highest BCUT2D eigenvalue weighted by Crippen LogP contribution is 2.19. The lowest BCUT2D eigenvalue weighted by atomic mass is 10.1. The summed E-state index contributed by atoms with van der Waals surface area (Å²) in [6.07, 6.45) is 1.52. The Bertz CT molecular complexity index is 914. The third kappa shape index (κ3) is 4.32. The van der Waals surface area contributed by atoms with Gasteiger partial charge in [0.15, 0.2) is 11.6 Å². The van der Waals surface area contributed by atoms with Crippen LogP contribution in [0, 0.1) is 0 Å². The number of para-hydroxylation sites is 1. The van der Waals surface area contributed by atoms with Crippen molar-refractivity contribution < 1.29 is 9.53 Å². The van der Waals surface area contributed by atoms with E-state index in [1.807, 2.05) is 36.4 Å². The third-order valence-electron chi connectivity index (χ3n) is 3.73. The molecule has 0 bridgehead atoms. The summed E-state index contributed by atoms with van der Waals surface area (Å²) in [5.74, 6) is 1.73. The van der Waals surface area contributed by atoms with Gasteiger partial charge in [0.05, 0.1) is 13.3 Å². The summed E-state index contributed by atoms with van der Waals surface area (Å²) >= 11 is 0. The first-order chi connectivity index (χ1) is 12.7. The first kappa shape index (κ1) is 17.3. The standard InChI is InChI=1S/C19H19N5O2/c1-13(25)14-7-5-8-16(10-14)22-18-12-21-24-19(23-18)20-11-15-6-3-4-9-17(15)26-2/h3-10,12H,11H2,1-2H3,(H2,20,22,23,24). The third-order valence-corrected chi connectivity index (χ3v) is 3.73. The molecule has 132 valence electrons. The van der Waals surface area contributed by atoms with Crippen molar-refractivity contribution in [2.24, 2.45) is 0 Å². The van der Waals surface area contributed by atoms with Crippen LogP contribution in [0.5, 0.6) is 5.75 Å². The number of nitrogens with zero attached hydrogens (tertiary/aromatic N) is 3. The number of anilines is 3. The molecule has 2 N–H and O–H groups in total. The van der Waals surface area contributed by atoms with Crippen LogP contribution in [0.4, 0.5) is 17.5 Å². The van der Waals surface area contributed by atoms with Crippen molar-refractivity contribution in [2.45, 2.75) is 13.5 Å². The van der Waals surface area contributed by atoms with Gasteiger partial charge in [-0.15, -0.1) is 5.10 Å². The predicted octanol–water partition coefficient (Wildman–Crippen LogP) is 3.44. The number of nitrogens with one attached hydrogen (secondary N) is 2. The summed E-state index contributed by atoms with van der Waals surface area (Å²) in [6, 6.07) is 14.9. The van der Waals surface area contributed by atoms with E-state index in [9.17, 15) is 4.79 Å². The molecule has 0 unspecified atom stereocenters. The zero-order valence-electron chi connectivity index (χ0n) is 14.6. The van der Waals surface area contributed by atoms with Gasteiger partial charge in [0.25, 0.3) is 0 Å². The maximum atomic E-state index is 11.5. The molecule has 0 aliphatic heterocycles. The number of rotatable bonds is 7. The van der Waals surface area contributed by atoms with Gasteiger partial charge < -0.3 is 15.4 Å². The monoisotopic (exact) mass is 349 g/mol. The number of benzene rings is 2. The van der Waals surface area contributed by atoms with Crippen LogP contribution in [-0.4, -0.2) is 28.1 Å². The number of ketones is 1. The predicted molar refractivity (Wildman–Crippen MR) is 99.9 cm³/mol. The fraction of sp³-hybridized carbons (Fsp3) is 0.158. The number of carbonyl (C=O) groups excluding carboxylic acids is 1. The SMILES string of the molecule is COc1ccccc1CNc1nncc(Nc2cccc(C(C)=O)c2)n1. The van der Waals surface area contributed by atoms with Crippen LogP contribution < -0.4 is 15.4 Å². The average Bonchev–Trinajstić information content (AvgIpc) is 2.67. The molecule has 1 aromatic heterocycles. The van der Waals surface area contributed by atoms with Gasteiger partial charge >= 0.3 is 0 Å². The van der Waals surface area contributed by atoms with E-state index in [1.165, 1.54) is 13.1 Å². The highest BCUT2D eigenvalue weighted by Gasteiger charge is 2.06. The fourth-order valence-corrected chi connectivity index (χ4v) is 2.43.